The second-order valence-corrected chi connectivity index (χ2v) is 3.52. The van der Waals surface area contributed by atoms with E-state index in [0.717, 1.165) is 17.3 Å². The average molecular weight is 248 g/mol. The highest BCUT2D eigenvalue weighted by atomic mass is 15.5. The molecule has 0 fully saturated rings. The van der Waals surface area contributed by atoms with Crippen molar-refractivity contribution in [3.8, 4) is 0 Å². The normalized spacial score (nSPS) is 10.9. The first kappa shape index (κ1) is 14.0. The van der Waals surface area contributed by atoms with Gasteiger partial charge in [-0.05, 0) is 24.1 Å². The van der Waals surface area contributed by atoms with Crippen LogP contribution in [0, 0.1) is 0 Å². The molecule has 0 aliphatic heterocycles. The molecule has 0 saturated carbocycles. The molecule has 0 bridgehead atoms. The van der Waals surface area contributed by atoms with E-state index in [2.05, 4.69) is 26.9 Å². The van der Waals surface area contributed by atoms with Crippen molar-refractivity contribution in [3.63, 3.8) is 0 Å². The van der Waals surface area contributed by atoms with Gasteiger partial charge in [-0.3, -0.25) is 5.10 Å². The number of H-pyrrole nitrogens is 1. The summed E-state index contributed by atoms with van der Waals surface area (Å²) in [6, 6.07) is 6.14. The maximum Gasteiger partial charge on any atom is 0.121 e. The molecule has 1 aromatic heterocycles. The zero-order valence-corrected chi connectivity index (χ0v) is 10.8. The number of aromatic nitrogens is 2. The van der Waals surface area contributed by atoms with Crippen molar-refractivity contribution in [2.24, 2.45) is 16.7 Å². The number of hydrogen-bond donors (Lipinski definition) is 4. The smallest absolute Gasteiger partial charge is 0.121 e. The van der Waals surface area contributed by atoms with Crippen molar-refractivity contribution in [3.05, 3.63) is 30.0 Å². The third-order valence-corrected chi connectivity index (χ3v) is 2.38. The van der Waals surface area contributed by atoms with Gasteiger partial charge in [-0.2, -0.15) is 10.2 Å². The summed E-state index contributed by atoms with van der Waals surface area (Å²) in [6.45, 7) is 4.00. The third-order valence-electron chi connectivity index (χ3n) is 2.38. The molecule has 0 unspecified atom stereocenters. The average Bonchev–Trinajstić information content (AvgIpc) is 2.86. The van der Waals surface area contributed by atoms with Crippen LogP contribution in [0.25, 0.3) is 10.9 Å². The number of aromatic amines is 1. The van der Waals surface area contributed by atoms with Crippen LogP contribution >= 0.6 is 0 Å². The van der Waals surface area contributed by atoms with Gasteiger partial charge in [0.1, 0.15) is 5.84 Å². The molecule has 0 amide bonds. The molecule has 0 spiro atoms. The number of aryl methyl sites for hydroxylation is 1. The molecule has 98 valence electrons. The summed E-state index contributed by atoms with van der Waals surface area (Å²) >= 11 is 0. The monoisotopic (exact) mass is 248 g/mol. The molecular weight excluding hydrogens is 228 g/mol. The van der Waals surface area contributed by atoms with E-state index in [-0.39, 0.29) is 0 Å². The fourth-order valence-corrected chi connectivity index (χ4v) is 1.56. The first-order valence-electron chi connectivity index (χ1n) is 5.99. The lowest BCUT2D eigenvalue weighted by atomic mass is 10.1. The summed E-state index contributed by atoms with van der Waals surface area (Å²) in [7, 11) is 0. The number of nitrogens with two attached hydrogens (primary N) is 2. The third kappa shape index (κ3) is 3.74. The van der Waals surface area contributed by atoms with E-state index < -0.39 is 0 Å². The number of fused-ring (bicyclic) bond motifs is 1. The lowest BCUT2D eigenvalue weighted by Gasteiger charge is -2.01. The molecule has 0 radical (unpaired) electrons. The van der Waals surface area contributed by atoms with Gasteiger partial charge in [-0.1, -0.05) is 19.9 Å². The Morgan fingerprint density at radius 1 is 1.44 bits per heavy atom. The molecule has 1 heterocycles. The van der Waals surface area contributed by atoms with Crippen LogP contribution in [0.5, 0.6) is 0 Å². The lowest BCUT2D eigenvalue weighted by molar-refractivity contribution is 0.793. The van der Waals surface area contributed by atoms with Crippen LogP contribution in [-0.2, 0) is 6.42 Å². The Bertz CT molecular complexity index is 502. The number of hydrazine groups is 1. The SMILES string of the molecule is CC.NN/N=C(\N)CCc1ccc2[nH]ncc2c1. The van der Waals surface area contributed by atoms with Gasteiger partial charge in [-0.25, -0.2) is 11.4 Å². The Balaban J connectivity index is 0.000000771. The Kier molecular flexibility index (Phi) is 5.66. The summed E-state index contributed by atoms with van der Waals surface area (Å²) in [4.78, 5) is 0. The second kappa shape index (κ2) is 7.29. The molecule has 0 atom stereocenters. The van der Waals surface area contributed by atoms with E-state index in [9.17, 15) is 0 Å². The summed E-state index contributed by atoms with van der Waals surface area (Å²) in [5.74, 6) is 5.52. The van der Waals surface area contributed by atoms with Gasteiger partial charge in [0.15, 0.2) is 0 Å². The van der Waals surface area contributed by atoms with E-state index in [1.165, 1.54) is 5.56 Å². The molecule has 0 aliphatic carbocycles. The molecule has 0 aliphatic rings. The highest BCUT2D eigenvalue weighted by Crippen LogP contribution is 2.13. The number of amidine groups is 1. The number of hydrazone groups is 1. The minimum Gasteiger partial charge on any atom is -0.386 e. The lowest BCUT2D eigenvalue weighted by Crippen LogP contribution is -2.22. The van der Waals surface area contributed by atoms with Crippen LogP contribution < -0.4 is 17.1 Å². The van der Waals surface area contributed by atoms with Crippen molar-refractivity contribution in [1.29, 1.82) is 0 Å². The standard InChI is InChI=1S/C10H14N6.C2H6/c11-10(15-16-12)4-2-7-1-3-9-8(5-7)6-13-14-9;1-2/h1,3,5-6,16H,2,4,12H2,(H2,11,15)(H,13,14);1-2H3. The molecule has 18 heavy (non-hydrogen) atoms. The Hall–Kier alpha value is -2.08. The summed E-state index contributed by atoms with van der Waals surface area (Å²) < 4.78 is 0. The van der Waals surface area contributed by atoms with Crippen molar-refractivity contribution < 1.29 is 0 Å². The number of benzene rings is 1. The molecule has 1 aromatic carbocycles. The molecule has 6 N–H and O–H groups in total. The zero-order valence-electron chi connectivity index (χ0n) is 10.8. The van der Waals surface area contributed by atoms with E-state index in [0.29, 0.717) is 12.3 Å². The Morgan fingerprint density at radius 2 is 2.22 bits per heavy atom. The molecule has 6 heteroatoms. The van der Waals surface area contributed by atoms with Crippen LogP contribution in [-0.4, -0.2) is 16.0 Å². The minimum absolute atomic E-state index is 0.495. The Labute approximate surface area is 106 Å². The molecule has 6 nitrogen and oxygen atoms in total. The number of nitrogens with one attached hydrogen (secondary N) is 2. The fourth-order valence-electron chi connectivity index (χ4n) is 1.56. The predicted molar refractivity (Wildman–Crippen MR) is 74.7 cm³/mol. The predicted octanol–water partition coefficient (Wildman–Crippen LogP) is 1.26. The highest BCUT2D eigenvalue weighted by molar-refractivity contribution is 5.81. The van der Waals surface area contributed by atoms with E-state index in [1.54, 1.807) is 6.20 Å². The van der Waals surface area contributed by atoms with Gasteiger partial charge in [0.2, 0.25) is 0 Å². The van der Waals surface area contributed by atoms with Crippen molar-refractivity contribution in [2.45, 2.75) is 26.7 Å². The van der Waals surface area contributed by atoms with Crippen LogP contribution in [0.4, 0.5) is 0 Å². The van der Waals surface area contributed by atoms with Crippen LogP contribution in [0.1, 0.15) is 25.8 Å². The molecule has 2 aromatic rings. The quantitative estimate of drug-likeness (QED) is 0.283. The van der Waals surface area contributed by atoms with Gasteiger partial charge in [0, 0.05) is 11.8 Å². The van der Waals surface area contributed by atoms with Crippen LogP contribution in [0.3, 0.4) is 0 Å². The number of rotatable bonds is 4. The highest BCUT2D eigenvalue weighted by Gasteiger charge is 1.99. The largest absolute Gasteiger partial charge is 0.386 e. The molecule has 2 rings (SSSR count). The number of hydrogen-bond acceptors (Lipinski definition) is 4. The second-order valence-electron chi connectivity index (χ2n) is 3.52. The van der Waals surface area contributed by atoms with Gasteiger partial charge in [0.05, 0.1) is 11.7 Å². The summed E-state index contributed by atoms with van der Waals surface area (Å²) in [6.07, 6.45) is 3.31. The van der Waals surface area contributed by atoms with Gasteiger partial charge >= 0.3 is 0 Å². The van der Waals surface area contributed by atoms with Crippen LogP contribution in [0.2, 0.25) is 0 Å². The maximum absolute atomic E-state index is 5.61. The number of nitrogens with zero attached hydrogens (tertiary/aromatic N) is 2. The zero-order chi connectivity index (χ0) is 13.4. The molecular formula is C12H20N6. The van der Waals surface area contributed by atoms with Gasteiger partial charge in [0.25, 0.3) is 0 Å². The first-order valence-corrected chi connectivity index (χ1v) is 5.99. The van der Waals surface area contributed by atoms with Crippen molar-refractivity contribution >= 4 is 16.7 Å². The van der Waals surface area contributed by atoms with Crippen molar-refractivity contribution in [2.75, 3.05) is 0 Å². The van der Waals surface area contributed by atoms with Crippen molar-refractivity contribution in [1.82, 2.24) is 15.7 Å². The first-order chi connectivity index (χ1) is 8.79. The Morgan fingerprint density at radius 3 is 2.94 bits per heavy atom. The van der Waals surface area contributed by atoms with E-state index in [4.69, 9.17) is 11.6 Å². The topological polar surface area (TPSA) is 105 Å². The minimum atomic E-state index is 0.495. The van der Waals surface area contributed by atoms with Crippen LogP contribution in [0.15, 0.2) is 29.5 Å². The summed E-state index contributed by atoms with van der Waals surface area (Å²) in [5, 5.41) is 11.7. The maximum atomic E-state index is 5.61. The van der Waals surface area contributed by atoms with E-state index >= 15 is 0 Å². The van der Waals surface area contributed by atoms with E-state index in [1.807, 2.05) is 26.0 Å². The fraction of sp³-hybridized carbons (Fsp3) is 0.333. The van der Waals surface area contributed by atoms with Gasteiger partial charge < -0.3 is 5.73 Å². The molecule has 0 saturated heterocycles. The van der Waals surface area contributed by atoms with Gasteiger partial charge in [-0.15, -0.1) is 0 Å². The summed E-state index contributed by atoms with van der Waals surface area (Å²) in [5.41, 5.74) is 10.0.